The van der Waals surface area contributed by atoms with Gasteiger partial charge in [0.2, 0.25) is 0 Å². The normalized spacial score (nSPS) is 16.4. The first-order chi connectivity index (χ1) is 7.76. The van der Waals surface area contributed by atoms with Gasteiger partial charge in [-0.3, -0.25) is 0 Å². The van der Waals surface area contributed by atoms with Crippen molar-refractivity contribution in [3.05, 3.63) is 22.2 Å². The van der Waals surface area contributed by atoms with Gasteiger partial charge < -0.3 is 18.9 Å². The van der Waals surface area contributed by atoms with Crippen molar-refractivity contribution >= 4 is 15.9 Å². The van der Waals surface area contributed by atoms with E-state index in [1.807, 2.05) is 12.1 Å². The molecule has 0 spiro atoms. The molecule has 1 aliphatic rings. The first-order valence-corrected chi connectivity index (χ1v) is 5.70. The molecule has 0 unspecified atom stereocenters. The average molecular weight is 289 g/mol. The number of methoxy groups -OCH3 is 2. The Morgan fingerprint density at radius 1 is 1.19 bits per heavy atom. The van der Waals surface area contributed by atoms with Gasteiger partial charge in [-0.25, -0.2) is 0 Å². The van der Waals surface area contributed by atoms with Crippen molar-refractivity contribution in [2.24, 2.45) is 0 Å². The second kappa shape index (κ2) is 5.03. The van der Waals surface area contributed by atoms with Crippen molar-refractivity contribution in [1.29, 1.82) is 0 Å². The van der Waals surface area contributed by atoms with Crippen LogP contribution in [0.2, 0.25) is 0 Å². The Morgan fingerprint density at radius 3 is 2.44 bits per heavy atom. The van der Waals surface area contributed by atoms with E-state index in [4.69, 9.17) is 18.9 Å². The van der Waals surface area contributed by atoms with Crippen molar-refractivity contribution in [1.82, 2.24) is 0 Å². The number of halogens is 1. The summed E-state index contributed by atoms with van der Waals surface area (Å²) in [5.74, 6) is 1.31. The van der Waals surface area contributed by atoms with Gasteiger partial charge in [0.15, 0.2) is 17.8 Å². The van der Waals surface area contributed by atoms with E-state index >= 15 is 0 Å². The van der Waals surface area contributed by atoms with Crippen LogP contribution in [0.3, 0.4) is 0 Å². The fourth-order valence-corrected chi connectivity index (χ4v) is 2.13. The molecule has 0 radical (unpaired) electrons. The number of benzene rings is 1. The summed E-state index contributed by atoms with van der Waals surface area (Å²) in [4.78, 5) is 0. The molecule has 0 aromatic heterocycles. The van der Waals surface area contributed by atoms with Crippen LogP contribution in [-0.2, 0) is 9.47 Å². The number of hydrogen-bond acceptors (Lipinski definition) is 4. The predicted octanol–water partition coefficient (Wildman–Crippen LogP) is 2.51. The molecule has 2 rings (SSSR count). The predicted molar refractivity (Wildman–Crippen MR) is 61.9 cm³/mol. The lowest BCUT2D eigenvalue weighted by atomic mass is 10.2. The van der Waals surface area contributed by atoms with E-state index in [-0.39, 0.29) is 6.29 Å². The van der Waals surface area contributed by atoms with Crippen LogP contribution in [0.15, 0.2) is 16.6 Å². The van der Waals surface area contributed by atoms with Gasteiger partial charge in [0.1, 0.15) is 0 Å². The fourth-order valence-electron chi connectivity index (χ4n) is 1.67. The lowest BCUT2D eigenvalue weighted by Crippen LogP contribution is -2.03. The number of ether oxygens (including phenoxy) is 4. The summed E-state index contributed by atoms with van der Waals surface area (Å²) in [6, 6.07) is 3.76. The summed E-state index contributed by atoms with van der Waals surface area (Å²) in [6.45, 7) is 1.20. The minimum atomic E-state index is -0.374. The largest absolute Gasteiger partial charge is 0.493 e. The monoisotopic (exact) mass is 288 g/mol. The summed E-state index contributed by atoms with van der Waals surface area (Å²) in [5, 5.41) is 0. The van der Waals surface area contributed by atoms with E-state index in [1.54, 1.807) is 14.2 Å². The van der Waals surface area contributed by atoms with Gasteiger partial charge in [-0.1, -0.05) is 15.9 Å². The molecule has 4 nitrogen and oxygen atoms in total. The highest BCUT2D eigenvalue weighted by Gasteiger charge is 2.24. The van der Waals surface area contributed by atoms with Crippen LogP contribution < -0.4 is 9.47 Å². The van der Waals surface area contributed by atoms with Crippen LogP contribution in [0.5, 0.6) is 11.5 Å². The first kappa shape index (κ1) is 11.7. The SMILES string of the molecule is COc1cc(Br)cc(C2OCCO2)c1OC. The Labute approximate surface area is 103 Å². The van der Waals surface area contributed by atoms with Crippen LogP contribution >= 0.6 is 15.9 Å². The zero-order valence-electron chi connectivity index (χ0n) is 9.16. The average Bonchev–Trinajstić information content (AvgIpc) is 2.81. The highest BCUT2D eigenvalue weighted by molar-refractivity contribution is 9.10. The highest BCUT2D eigenvalue weighted by Crippen LogP contribution is 2.40. The van der Waals surface area contributed by atoms with Crippen molar-refractivity contribution < 1.29 is 18.9 Å². The van der Waals surface area contributed by atoms with Gasteiger partial charge >= 0.3 is 0 Å². The molecule has 1 aromatic carbocycles. The van der Waals surface area contributed by atoms with Crippen LogP contribution in [0.4, 0.5) is 0 Å². The third-order valence-electron chi connectivity index (χ3n) is 2.35. The van der Waals surface area contributed by atoms with Gasteiger partial charge in [-0.2, -0.15) is 0 Å². The molecular weight excluding hydrogens is 276 g/mol. The quantitative estimate of drug-likeness (QED) is 0.856. The zero-order chi connectivity index (χ0) is 11.5. The van der Waals surface area contributed by atoms with Gasteiger partial charge in [0, 0.05) is 4.47 Å². The Bertz CT molecular complexity index is 374. The van der Waals surface area contributed by atoms with E-state index in [1.165, 1.54) is 0 Å². The summed E-state index contributed by atoms with van der Waals surface area (Å²) < 4.78 is 22.4. The van der Waals surface area contributed by atoms with Crippen LogP contribution in [-0.4, -0.2) is 27.4 Å². The van der Waals surface area contributed by atoms with E-state index in [0.29, 0.717) is 24.7 Å². The molecule has 0 saturated carbocycles. The molecule has 1 aliphatic heterocycles. The van der Waals surface area contributed by atoms with E-state index in [9.17, 15) is 0 Å². The van der Waals surface area contributed by atoms with Crippen LogP contribution in [0.1, 0.15) is 11.9 Å². The van der Waals surface area contributed by atoms with E-state index < -0.39 is 0 Å². The smallest absolute Gasteiger partial charge is 0.187 e. The summed E-state index contributed by atoms with van der Waals surface area (Å²) in [6.07, 6.45) is -0.374. The Balaban J connectivity index is 2.44. The van der Waals surface area contributed by atoms with Gasteiger partial charge in [0.25, 0.3) is 0 Å². The van der Waals surface area contributed by atoms with Gasteiger partial charge in [-0.05, 0) is 12.1 Å². The maximum atomic E-state index is 5.46. The number of hydrogen-bond donors (Lipinski definition) is 0. The Kier molecular flexibility index (Phi) is 3.68. The van der Waals surface area contributed by atoms with Crippen LogP contribution in [0, 0.1) is 0 Å². The molecule has 1 heterocycles. The molecule has 0 amide bonds. The minimum Gasteiger partial charge on any atom is -0.493 e. The van der Waals surface area contributed by atoms with Gasteiger partial charge in [-0.15, -0.1) is 0 Å². The molecule has 1 saturated heterocycles. The van der Waals surface area contributed by atoms with Crippen molar-refractivity contribution in [2.45, 2.75) is 6.29 Å². The maximum Gasteiger partial charge on any atom is 0.187 e. The molecule has 0 N–H and O–H groups in total. The molecular formula is C11H13BrO4. The summed E-state index contributed by atoms with van der Waals surface area (Å²) >= 11 is 3.42. The molecule has 5 heteroatoms. The van der Waals surface area contributed by atoms with Gasteiger partial charge in [0.05, 0.1) is 33.0 Å². The second-order valence-corrected chi connectivity index (χ2v) is 4.22. The van der Waals surface area contributed by atoms with Crippen LogP contribution in [0.25, 0.3) is 0 Å². The highest BCUT2D eigenvalue weighted by atomic mass is 79.9. The third-order valence-corrected chi connectivity index (χ3v) is 2.81. The summed E-state index contributed by atoms with van der Waals surface area (Å²) in [7, 11) is 3.20. The lowest BCUT2D eigenvalue weighted by Gasteiger charge is -2.16. The molecule has 0 bridgehead atoms. The number of rotatable bonds is 3. The topological polar surface area (TPSA) is 36.9 Å². The minimum absolute atomic E-state index is 0.374. The molecule has 1 fully saturated rings. The van der Waals surface area contributed by atoms with Crippen molar-refractivity contribution in [2.75, 3.05) is 27.4 Å². The fraction of sp³-hybridized carbons (Fsp3) is 0.455. The third kappa shape index (κ3) is 2.16. The molecule has 0 aliphatic carbocycles. The molecule has 88 valence electrons. The maximum absolute atomic E-state index is 5.46. The first-order valence-electron chi connectivity index (χ1n) is 4.91. The second-order valence-electron chi connectivity index (χ2n) is 3.30. The van der Waals surface area contributed by atoms with E-state index in [0.717, 1.165) is 10.0 Å². The molecule has 1 aromatic rings. The van der Waals surface area contributed by atoms with E-state index in [2.05, 4.69) is 15.9 Å². The van der Waals surface area contributed by atoms with Crippen molar-refractivity contribution in [3.8, 4) is 11.5 Å². The Morgan fingerprint density at radius 2 is 1.88 bits per heavy atom. The standard InChI is InChI=1S/C11H13BrO4/c1-13-9-6-7(12)5-8(10(9)14-2)11-15-3-4-16-11/h5-6,11H,3-4H2,1-2H3. The van der Waals surface area contributed by atoms with Crippen molar-refractivity contribution in [3.63, 3.8) is 0 Å². The molecule has 0 atom stereocenters. The summed E-state index contributed by atoms with van der Waals surface area (Å²) in [5.41, 5.74) is 0.839. The lowest BCUT2D eigenvalue weighted by molar-refractivity contribution is -0.0456. The molecule has 16 heavy (non-hydrogen) atoms. The Hall–Kier alpha value is -0.780. The zero-order valence-corrected chi connectivity index (χ0v) is 10.7.